The van der Waals surface area contributed by atoms with Gasteiger partial charge in [0.05, 0.1) is 13.1 Å². The standard InChI is InChI=1S/C20H22ClN3O2/c1-24(12-19(25)22-17-9-6-16(21)7-10-17)13-20(26)23-18-8-5-14-3-2-4-15(14)11-18/h5-11H,2-4,12-13H2,1H3,(H,22,25)(H,23,26). The van der Waals surface area contributed by atoms with Crippen LogP contribution in [0.3, 0.4) is 0 Å². The number of amides is 2. The minimum Gasteiger partial charge on any atom is -0.325 e. The molecular formula is C20H22ClN3O2. The van der Waals surface area contributed by atoms with Crippen molar-refractivity contribution in [2.75, 3.05) is 30.8 Å². The molecule has 0 atom stereocenters. The van der Waals surface area contributed by atoms with Crippen LogP contribution in [0, 0.1) is 0 Å². The summed E-state index contributed by atoms with van der Waals surface area (Å²) in [5.74, 6) is -0.315. The number of halogens is 1. The molecule has 3 rings (SSSR count). The van der Waals surface area contributed by atoms with Gasteiger partial charge in [0.2, 0.25) is 11.8 Å². The van der Waals surface area contributed by atoms with Crippen molar-refractivity contribution in [3.63, 3.8) is 0 Å². The number of carbonyl (C=O) groups is 2. The van der Waals surface area contributed by atoms with E-state index in [1.54, 1.807) is 36.2 Å². The maximum absolute atomic E-state index is 12.2. The third kappa shape index (κ3) is 5.07. The summed E-state index contributed by atoms with van der Waals surface area (Å²) in [7, 11) is 1.74. The van der Waals surface area contributed by atoms with Crippen LogP contribution in [0.15, 0.2) is 42.5 Å². The van der Waals surface area contributed by atoms with Crippen molar-refractivity contribution in [3.8, 4) is 0 Å². The van der Waals surface area contributed by atoms with E-state index in [9.17, 15) is 9.59 Å². The van der Waals surface area contributed by atoms with E-state index in [0.717, 1.165) is 18.5 Å². The summed E-state index contributed by atoms with van der Waals surface area (Å²) in [5, 5.41) is 6.30. The van der Waals surface area contributed by atoms with Crippen LogP contribution < -0.4 is 10.6 Å². The van der Waals surface area contributed by atoms with Crippen molar-refractivity contribution in [3.05, 3.63) is 58.6 Å². The van der Waals surface area contributed by atoms with Crippen molar-refractivity contribution in [2.24, 2.45) is 0 Å². The van der Waals surface area contributed by atoms with Crippen molar-refractivity contribution in [1.29, 1.82) is 0 Å². The topological polar surface area (TPSA) is 61.4 Å². The third-order valence-electron chi connectivity index (χ3n) is 4.34. The first-order valence-electron chi connectivity index (χ1n) is 8.65. The smallest absolute Gasteiger partial charge is 0.238 e. The number of anilines is 2. The normalized spacial score (nSPS) is 12.7. The summed E-state index contributed by atoms with van der Waals surface area (Å²) in [5.41, 5.74) is 4.18. The Bertz CT molecular complexity index is 805. The second-order valence-corrected chi connectivity index (χ2v) is 7.05. The first-order valence-corrected chi connectivity index (χ1v) is 9.03. The summed E-state index contributed by atoms with van der Waals surface area (Å²) in [4.78, 5) is 25.9. The highest BCUT2D eigenvalue weighted by molar-refractivity contribution is 6.30. The number of aryl methyl sites for hydroxylation is 2. The molecule has 26 heavy (non-hydrogen) atoms. The van der Waals surface area contributed by atoms with Crippen LogP contribution in [-0.4, -0.2) is 36.9 Å². The number of nitrogens with one attached hydrogen (secondary N) is 2. The fraction of sp³-hybridized carbons (Fsp3) is 0.300. The Balaban J connectivity index is 1.46. The van der Waals surface area contributed by atoms with Gasteiger partial charge in [-0.15, -0.1) is 0 Å². The Morgan fingerprint density at radius 2 is 1.50 bits per heavy atom. The van der Waals surface area contributed by atoms with Gasteiger partial charge < -0.3 is 10.6 Å². The third-order valence-corrected chi connectivity index (χ3v) is 4.59. The number of nitrogens with zero attached hydrogens (tertiary/aromatic N) is 1. The first-order chi connectivity index (χ1) is 12.5. The summed E-state index contributed by atoms with van der Waals surface area (Å²) in [6.45, 7) is 0.269. The Labute approximate surface area is 158 Å². The van der Waals surface area contributed by atoms with Gasteiger partial charge in [0.15, 0.2) is 0 Å². The van der Waals surface area contributed by atoms with Gasteiger partial charge in [-0.05, 0) is 73.8 Å². The highest BCUT2D eigenvalue weighted by atomic mass is 35.5. The molecule has 0 aliphatic heterocycles. The second-order valence-electron chi connectivity index (χ2n) is 6.61. The van der Waals surface area contributed by atoms with Gasteiger partial charge in [-0.25, -0.2) is 0 Å². The fourth-order valence-corrected chi connectivity index (χ4v) is 3.26. The predicted molar refractivity (Wildman–Crippen MR) is 105 cm³/mol. The minimum atomic E-state index is -0.180. The maximum Gasteiger partial charge on any atom is 0.238 e. The lowest BCUT2D eigenvalue weighted by Gasteiger charge is -2.16. The van der Waals surface area contributed by atoms with E-state index in [-0.39, 0.29) is 24.9 Å². The van der Waals surface area contributed by atoms with Crippen LogP contribution in [0.4, 0.5) is 11.4 Å². The van der Waals surface area contributed by atoms with E-state index < -0.39 is 0 Å². The van der Waals surface area contributed by atoms with Crippen molar-refractivity contribution >= 4 is 34.8 Å². The SMILES string of the molecule is CN(CC(=O)Nc1ccc(Cl)cc1)CC(=O)Nc1ccc2c(c1)CCC2. The monoisotopic (exact) mass is 371 g/mol. The molecule has 2 N–H and O–H groups in total. The van der Waals surface area contributed by atoms with Gasteiger partial charge in [0.25, 0.3) is 0 Å². The lowest BCUT2D eigenvalue weighted by molar-refractivity contribution is -0.119. The molecule has 0 spiro atoms. The minimum absolute atomic E-state index is 0.125. The molecule has 1 aliphatic carbocycles. The molecule has 1 aliphatic rings. The molecule has 0 aromatic heterocycles. The Morgan fingerprint density at radius 3 is 2.19 bits per heavy atom. The largest absolute Gasteiger partial charge is 0.325 e. The highest BCUT2D eigenvalue weighted by Crippen LogP contribution is 2.24. The number of hydrogen-bond donors (Lipinski definition) is 2. The fourth-order valence-electron chi connectivity index (χ4n) is 3.13. The van der Waals surface area contributed by atoms with Crippen LogP contribution in [0.2, 0.25) is 5.02 Å². The van der Waals surface area contributed by atoms with E-state index in [0.29, 0.717) is 10.7 Å². The number of benzene rings is 2. The van der Waals surface area contributed by atoms with Crippen molar-refractivity contribution in [1.82, 2.24) is 4.90 Å². The van der Waals surface area contributed by atoms with Crippen molar-refractivity contribution < 1.29 is 9.59 Å². The molecule has 0 radical (unpaired) electrons. The van der Waals surface area contributed by atoms with Crippen molar-refractivity contribution in [2.45, 2.75) is 19.3 Å². The Kier molecular flexibility index (Phi) is 5.91. The van der Waals surface area contributed by atoms with Gasteiger partial charge in [-0.3, -0.25) is 14.5 Å². The van der Waals surface area contributed by atoms with Crippen LogP contribution in [0.5, 0.6) is 0 Å². The first kappa shape index (κ1) is 18.4. The Hall–Kier alpha value is -2.37. The lowest BCUT2D eigenvalue weighted by atomic mass is 10.1. The molecule has 2 aromatic carbocycles. The molecule has 5 nitrogen and oxygen atoms in total. The summed E-state index contributed by atoms with van der Waals surface area (Å²) in [6, 6.07) is 13.0. The van der Waals surface area contributed by atoms with Gasteiger partial charge in [-0.2, -0.15) is 0 Å². The highest BCUT2D eigenvalue weighted by Gasteiger charge is 2.14. The molecule has 0 saturated heterocycles. The van der Waals surface area contributed by atoms with Crippen LogP contribution >= 0.6 is 11.6 Å². The predicted octanol–water partition coefficient (Wildman–Crippen LogP) is 3.34. The zero-order valence-electron chi connectivity index (χ0n) is 14.7. The molecular weight excluding hydrogens is 350 g/mol. The molecule has 6 heteroatoms. The number of carbonyl (C=O) groups excluding carboxylic acids is 2. The molecule has 0 bridgehead atoms. The number of hydrogen-bond acceptors (Lipinski definition) is 3. The van der Waals surface area contributed by atoms with E-state index in [4.69, 9.17) is 11.6 Å². The number of fused-ring (bicyclic) bond motifs is 1. The average molecular weight is 372 g/mol. The average Bonchev–Trinajstić information content (AvgIpc) is 3.04. The number of likely N-dealkylation sites (N-methyl/N-ethyl adjacent to an activating group) is 1. The molecule has 136 valence electrons. The van der Waals surface area contributed by atoms with E-state index in [1.165, 1.54) is 17.5 Å². The summed E-state index contributed by atoms with van der Waals surface area (Å²) < 4.78 is 0. The second kappa shape index (κ2) is 8.34. The van der Waals surface area contributed by atoms with Gasteiger partial charge in [0.1, 0.15) is 0 Å². The van der Waals surface area contributed by atoms with E-state index >= 15 is 0 Å². The molecule has 0 unspecified atom stereocenters. The number of rotatable bonds is 6. The molecule has 2 amide bonds. The molecule has 2 aromatic rings. The molecule has 0 saturated carbocycles. The molecule has 0 heterocycles. The zero-order chi connectivity index (χ0) is 18.5. The van der Waals surface area contributed by atoms with Gasteiger partial charge in [-0.1, -0.05) is 17.7 Å². The summed E-state index contributed by atoms with van der Waals surface area (Å²) in [6.07, 6.45) is 3.37. The van der Waals surface area contributed by atoms with Crippen LogP contribution in [0.1, 0.15) is 17.5 Å². The summed E-state index contributed by atoms with van der Waals surface area (Å²) >= 11 is 5.82. The van der Waals surface area contributed by atoms with E-state index in [2.05, 4.69) is 16.7 Å². The van der Waals surface area contributed by atoms with Crippen LogP contribution in [-0.2, 0) is 22.4 Å². The lowest BCUT2D eigenvalue weighted by Crippen LogP contribution is -2.36. The van der Waals surface area contributed by atoms with E-state index in [1.807, 2.05) is 12.1 Å². The van der Waals surface area contributed by atoms with Crippen LogP contribution in [0.25, 0.3) is 0 Å². The van der Waals surface area contributed by atoms with Gasteiger partial charge in [0, 0.05) is 16.4 Å². The van der Waals surface area contributed by atoms with Gasteiger partial charge >= 0.3 is 0 Å². The zero-order valence-corrected chi connectivity index (χ0v) is 15.5. The maximum atomic E-state index is 12.2. The Morgan fingerprint density at radius 1 is 0.923 bits per heavy atom. The molecule has 0 fully saturated rings. The quantitative estimate of drug-likeness (QED) is 0.818.